The van der Waals surface area contributed by atoms with Crippen LogP contribution >= 0.6 is 11.3 Å². The molecule has 3 rings (SSSR count). The average molecular weight is 270 g/mol. The first-order valence-electron chi connectivity index (χ1n) is 6.34. The normalized spacial score (nSPS) is 11.0. The maximum Gasteiger partial charge on any atom is 0.259 e. The number of aromatic nitrogens is 2. The van der Waals surface area contributed by atoms with Gasteiger partial charge in [0.15, 0.2) is 0 Å². The number of rotatable bonds is 3. The van der Waals surface area contributed by atoms with E-state index in [1.54, 1.807) is 11.3 Å². The molecular weight excluding hydrogens is 256 g/mol. The first-order valence-corrected chi connectivity index (χ1v) is 7.28. The SMILES string of the molecule is CCCc1nc2cccc(-c3ccsc3)c2c(=O)[nH]1. The number of nitrogens with one attached hydrogen (secondary N) is 1. The average Bonchev–Trinajstić information content (AvgIpc) is 2.92. The molecule has 0 amide bonds. The molecule has 2 heterocycles. The predicted octanol–water partition coefficient (Wildman–Crippen LogP) is 3.60. The van der Waals surface area contributed by atoms with Gasteiger partial charge in [-0.05, 0) is 40.4 Å². The highest BCUT2D eigenvalue weighted by atomic mass is 32.1. The molecule has 4 heteroatoms. The number of benzene rings is 1. The standard InChI is InChI=1S/C15H14N2OS/c1-2-4-13-16-12-6-3-5-11(10-7-8-19-9-10)14(12)15(18)17-13/h3,5-9H,2,4H2,1H3,(H,16,17,18). The molecule has 2 aromatic heterocycles. The number of thiophene rings is 1. The van der Waals surface area contributed by atoms with Crippen molar-refractivity contribution in [3.05, 3.63) is 51.2 Å². The number of aromatic amines is 1. The summed E-state index contributed by atoms with van der Waals surface area (Å²) in [4.78, 5) is 19.7. The molecule has 0 saturated carbocycles. The number of aryl methyl sites for hydroxylation is 1. The third kappa shape index (κ3) is 2.19. The molecule has 19 heavy (non-hydrogen) atoms. The smallest absolute Gasteiger partial charge is 0.259 e. The van der Waals surface area contributed by atoms with E-state index >= 15 is 0 Å². The van der Waals surface area contributed by atoms with E-state index in [2.05, 4.69) is 16.9 Å². The molecule has 0 radical (unpaired) electrons. The minimum absolute atomic E-state index is 0.0461. The Morgan fingerprint density at radius 3 is 2.95 bits per heavy atom. The molecule has 0 aliphatic rings. The van der Waals surface area contributed by atoms with Gasteiger partial charge < -0.3 is 4.98 Å². The number of H-pyrrole nitrogens is 1. The molecule has 0 aliphatic heterocycles. The highest BCUT2D eigenvalue weighted by Crippen LogP contribution is 2.27. The molecule has 0 bridgehead atoms. The van der Waals surface area contributed by atoms with Crippen LogP contribution in [0, 0.1) is 0 Å². The molecule has 1 N–H and O–H groups in total. The van der Waals surface area contributed by atoms with Gasteiger partial charge in [-0.3, -0.25) is 4.79 Å². The van der Waals surface area contributed by atoms with Gasteiger partial charge in [-0.25, -0.2) is 4.98 Å². The molecule has 0 atom stereocenters. The number of hydrogen-bond acceptors (Lipinski definition) is 3. The van der Waals surface area contributed by atoms with Gasteiger partial charge in [0.2, 0.25) is 0 Å². The quantitative estimate of drug-likeness (QED) is 0.790. The highest BCUT2D eigenvalue weighted by molar-refractivity contribution is 7.08. The summed E-state index contributed by atoms with van der Waals surface area (Å²) in [7, 11) is 0. The fraction of sp³-hybridized carbons (Fsp3) is 0.200. The van der Waals surface area contributed by atoms with Crippen LogP contribution in [0.1, 0.15) is 19.2 Å². The third-order valence-electron chi connectivity index (χ3n) is 3.10. The molecule has 3 aromatic rings. The summed E-state index contributed by atoms with van der Waals surface area (Å²) >= 11 is 1.63. The molecule has 0 unspecified atom stereocenters. The van der Waals surface area contributed by atoms with E-state index in [0.29, 0.717) is 5.39 Å². The van der Waals surface area contributed by atoms with E-state index in [-0.39, 0.29) is 5.56 Å². The second-order valence-corrected chi connectivity index (χ2v) is 5.25. The Morgan fingerprint density at radius 2 is 2.21 bits per heavy atom. The van der Waals surface area contributed by atoms with Gasteiger partial charge in [-0.2, -0.15) is 11.3 Å². The van der Waals surface area contributed by atoms with Gasteiger partial charge >= 0.3 is 0 Å². The molecule has 1 aromatic carbocycles. The zero-order chi connectivity index (χ0) is 13.2. The van der Waals surface area contributed by atoms with Gasteiger partial charge in [-0.15, -0.1) is 0 Å². The highest BCUT2D eigenvalue weighted by Gasteiger charge is 2.10. The largest absolute Gasteiger partial charge is 0.310 e. The summed E-state index contributed by atoms with van der Waals surface area (Å²) < 4.78 is 0. The van der Waals surface area contributed by atoms with Crippen molar-refractivity contribution in [2.45, 2.75) is 19.8 Å². The van der Waals surface area contributed by atoms with Gasteiger partial charge in [0.05, 0.1) is 10.9 Å². The van der Waals surface area contributed by atoms with Gasteiger partial charge in [-0.1, -0.05) is 19.1 Å². The lowest BCUT2D eigenvalue weighted by molar-refractivity contribution is 0.837. The summed E-state index contributed by atoms with van der Waals surface area (Å²) in [6, 6.07) is 7.86. The summed E-state index contributed by atoms with van der Waals surface area (Å²) in [5.41, 5.74) is 2.76. The van der Waals surface area contributed by atoms with E-state index in [1.165, 1.54) is 0 Å². The molecule has 0 spiro atoms. The maximum atomic E-state index is 12.3. The van der Waals surface area contributed by atoms with Crippen molar-refractivity contribution >= 4 is 22.2 Å². The molecule has 0 aliphatic carbocycles. The van der Waals surface area contributed by atoms with Crippen LogP contribution in [0.4, 0.5) is 0 Å². The van der Waals surface area contributed by atoms with Crippen molar-refractivity contribution in [3.63, 3.8) is 0 Å². The Kier molecular flexibility index (Phi) is 3.17. The zero-order valence-electron chi connectivity index (χ0n) is 10.6. The summed E-state index contributed by atoms with van der Waals surface area (Å²) in [5, 5.41) is 4.75. The molecule has 0 fully saturated rings. The van der Waals surface area contributed by atoms with E-state index in [1.807, 2.05) is 35.0 Å². The Bertz CT molecular complexity index is 759. The van der Waals surface area contributed by atoms with Crippen molar-refractivity contribution < 1.29 is 0 Å². The molecule has 0 saturated heterocycles. The fourth-order valence-corrected chi connectivity index (χ4v) is 2.91. The van der Waals surface area contributed by atoms with Crippen molar-refractivity contribution in [1.82, 2.24) is 9.97 Å². The van der Waals surface area contributed by atoms with E-state index in [9.17, 15) is 4.79 Å². The third-order valence-corrected chi connectivity index (χ3v) is 3.78. The Hall–Kier alpha value is -1.94. The van der Waals surface area contributed by atoms with Crippen molar-refractivity contribution in [2.75, 3.05) is 0 Å². The maximum absolute atomic E-state index is 12.3. The first-order chi connectivity index (χ1) is 9.29. The van der Waals surface area contributed by atoms with Gasteiger partial charge in [0.1, 0.15) is 5.82 Å². The van der Waals surface area contributed by atoms with Gasteiger partial charge in [0.25, 0.3) is 5.56 Å². The first kappa shape index (κ1) is 12.1. The van der Waals surface area contributed by atoms with E-state index in [0.717, 1.165) is 35.3 Å². The Morgan fingerprint density at radius 1 is 1.32 bits per heavy atom. The van der Waals surface area contributed by atoms with Crippen LogP contribution in [-0.4, -0.2) is 9.97 Å². The van der Waals surface area contributed by atoms with Gasteiger partial charge in [0, 0.05) is 6.42 Å². The number of fused-ring (bicyclic) bond motifs is 1. The predicted molar refractivity (Wildman–Crippen MR) is 79.7 cm³/mol. The van der Waals surface area contributed by atoms with Crippen molar-refractivity contribution in [3.8, 4) is 11.1 Å². The van der Waals surface area contributed by atoms with Crippen LogP contribution in [0.25, 0.3) is 22.0 Å². The second-order valence-electron chi connectivity index (χ2n) is 4.47. The van der Waals surface area contributed by atoms with E-state index < -0.39 is 0 Å². The van der Waals surface area contributed by atoms with Crippen LogP contribution in [0.5, 0.6) is 0 Å². The summed E-state index contributed by atoms with van der Waals surface area (Å²) in [5.74, 6) is 0.766. The lowest BCUT2D eigenvalue weighted by Crippen LogP contribution is -2.12. The summed E-state index contributed by atoms with van der Waals surface area (Å²) in [6.45, 7) is 2.08. The minimum atomic E-state index is -0.0461. The minimum Gasteiger partial charge on any atom is -0.310 e. The second kappa shape index (κ2) is 4.97. The lowest BCUT2D eigenvalue weighted by atomic mass is 10.0. The zero-order valence-corrected chi connectivity index (χ0v) is 11.5. The number of hydrogen-bond donors (Lipinski definition) is 1. The monoisotopic (exact) mass is 270 g/mol. The Labute approximate surface area is 115 Å². The molecule has 96 valence electrons. The summed E-state index contributed by atoms with van der Waals surface area (Å²) in [6.07, 6.45) is 1.77. The van der Waals surface area contributed by atoms with Crippen LogP contribution in [-0.2, 0) is 6.42 Å². The Balaban J connectivity index is 2.29. The van der Waals surface area contributed by atoms with Crippen molar-refractivity contribution in [1.29, 1.82) is 0 Å². The number of nitrogens with zero attached hydrogens (tertiary/aromatic N) is 1. The fourth-order valence-electron chi connectivity index (χ4n) is 2.25. The van der Waals surface area contributed by atoms with Crippen LogP contribution in [0.15, 0.2) is 39.8 Å². The molecule has 3 nitrogen and oxygen atoms in total. The lowest BCUT2D eigenvalue weighted by Gasteiger charge is -2.05. The van der Waals surface area contributed by atoms with Crippen LogP contribution < -0.4 is 5.56 Å². The van der Waals surface area contributed by atoms with Crippen LogP contribution in [0.2, 0.25) is 0 Å². The van der Waals surface area contributed by atoms with E-state index in [4.69, 9.17) is 0 Å². The van der Waals surface area contributed by atoms with Crippen molar-refractivity contribution in [2.24, 2.45) is 0 Å². The topological polar surface area (TPSA) is 45.8 Å². The van der Waals surface area contributed by atoms with Crippen LogP contribution in [0.3, 0.4) is 0 Å². The molecular formula is C15H14N2OS.